The van der Waals surface area contributed by atoms with Gasteiger partial charge in [-0.1, -0.05) is 30.3 Å². The minimum absolute atomic E-state index is 0.267. The van der Waals surface area contributed by atoms with Crippen molar-refractivity contribution in [3.05, 3.63) is 70.4 Å². The number of rotatable bonds is 1. The predicted octanol–water partition coefficient (Wildman–Crippen LogP) is 4.95. The average Bonchev–Trinajstić information content (AvgIpc) is 2.46. The van der Waals surface area contributed by atoms with Gasteiger partial charge in [-0.25, -0.2) is 0 Å². The molecule has 1 aromatic heterocycles. The van der Waals surface area contributed by atoms with Crippen LogP contribution in [0.3, 0.4) is 0 Å². The Hall–Kier alpha value is -2.14. The molecule has 0 N–H and O–H groups in total. The maximum Gasteiger partial charge on any atom is 0.416 e. The topological polar surface area (TPSA) is 17.1 Å². The fraction of sp³-hybridized carbons (Fsp3) is 0.0625. The number of halogens is 3. The molecule has 3 rings (SSSR count). The lowest BCUT2D eigenvalue weighted by molar-refractivity contribution is -0.137. The first kappa shape index (κ1) is 13.8. The Morgan fingerprint density at radius 1 is 0.905 bits per heavy atom. The summed E-state index contributed by atoms with van der Waals surface area (Å²) < 4.78 is 38.6. The van der Waals surface area contributed by atoms with E-state index >= 15 is 0 Å². The quantitative estimate of drug-likeness (QED) is 0.622. The number of fused-ring (bicyclic) bond motifs is 1. The minimum Gasteiger partial charge on any atom is -0.289 e. The standard InChI is InChI=1S/C16H9F3OS/c17-16(18,19)11-6-7-12-13(20)9-14(21-15(12)8-11)10-4-2-1-3-5-10/h1-9H. The molecule has 0 bridgehead atoms. The molecule has 0 aliphatic carbocycles. The van der Waals surface area contributed by atoms with Gasteiger partial charge in [-0.05, 0) is 23.8 Å². The molecule has 1 heterocycles. The van der Waals surface area contributed by atoms with Crippen LogP contribution in [-0.2, 0) is 6.18 Å². The largest absolute Gasteiger partial charge is 0.416 e. The Morgan fingerprint density at radius 3 is 2.29 bits per heavy atom. The first-order chi connectivity index (χ1) is 9.95. The van der Waals surface area contributed by atoms with Gasteiger partial charge in [-0.15, -0.1) is 11.3 Å². The number of benzene rings is 2. The molecule has 0 saturated heterocycles. The van der Waals surface area contributed by atoms with Crippen molar-refractivity contribution in [3.8, 4) is 10.4 Å². The fourth-order valence-corrected chi connectivity index (χ4v) is 3.20. The number of hydrogen-bond acceptors (Lipinski definition) is 2. The summed E-state index contributed by atoms with van der Waals surface area (Å²) in [5.74, 6) is 0. The van der Waals surface area contributed by atoms with Crippen molar-refractivity contribution in [1.29, 1.82) is 0 Å². The lowest BCUT2D eigenvalue weighted by Crippen LogP contribution is -2.06. The molecule has 106 valence electrons. The molecule has 21 heavy (non-hydrogen) atoms. The van der Waals surface area contributed by atoms with Crippen LogP contribution >= 0.6 is 11.3 Å². The molecule has 0 amide bonds. The zero-order valence-corrected chi connectivity index (χ0v) is 11.5. The summed E-state index contributed by atoms with van der Waals surface area (Å²) in [5, 5.41) is 0.313. The smallest absolute Gasteiger partial charge is 0.289 e. The van der Waals surface area contributed by atoms with E-state index in [1.807, 2.05) is 30.3 Å². The summed E-state index contributed by atoms with van der Waals surface area (Å²) in [7, 11) is 0. The van der Waals surface area contributed by atoms with E-state index in [0.717, 1.165) is 17.7 Å². The van der Waals surface area contributed by atoms with E-state index < -0.39 is 11.7 Å². The molecule has 0 aliphatic rings. The van der Waals surface area contributed by atoms with Crippen LogP contribution in [0.5, 0.6) is 0 Å². The Balaban J connectivity index is 2.24. The van der Waals surface area contributed by atoms with Crippen LogP contribution in [0.2, 0.25) is 0 Å². The first-order valence-electron chi connectivity index (χ1n) is 6.16. The van der Waals surface area contributed by atoms with Gasteiger partial charge in [-0.3, -0.25) is 4.79 Å². The summed E-state index contributed by atoms with van der Waals surface area (Å²) in [4.78, 5) is 12.7. The van der Waals surface area contributed by atoms with Gasteiger partial charge in [0.15, 0.2) is 5.43 Å². The molecule has 2 aromatic carbocycles. The second kappa shape index (κ2) is 5.00. The summed E-state index contributed by atoms with van der Waals surface area (Å²) in [6.07, 6.45) is -4.41. The Kier molecular flexibility index (Phi) is 3.29. The maximum atomic E-state index is 12.8. The van der Waals surface area contributed by atoms with Gasteiger partial charge in [0, 0.05) is 21.0 Å². The monoisotopic (exact) mass is 306 g/mol. The Morgan fingerprint density at radius 2 is 1.62 bits per heavy atom. The highest BCUT2D eigenvalue weighted by atomic mass is 32.1. The van der Waals surface area contributed by atoms with Crippen LogP contribution < -0.4 is 5.43 Å². The second-order valence-corrected chi connectivity index (χ2v) is 5.63. The van der Waals surface area contributed by atoms with Crippen molar-refractivity contribution in [2.24, 2.45) is 0 Å². The van der Waals surface area contributed by atoms with E-state index in [-0.39, 0.29) is 5.43 Å². The molecule has 3 aromatic rings. The van der Waals surface area contributed by atoms with Gasteiger partial charge in [0.1, 0.15) is 0 Å². The van der Waals surface area contributed by atoms with E-state index in [4.69, 9.17) is 0 Å². The zero-order chi connectivity index (χ0) is 15.0. The minimum atomic E-state index is -4.41. The van der Waals surface area contributed by atoms with Crippen molar-refractivity contribution in [3.63, 3.8) is 0 Å². The number of alkyl halides is 3. The Bertz CT molecular complexity index is 851. The van der Waals surface area contributed by atoms with Crippen molar-refractivity contribution in [2.45, 2.75) is 6.18 Å². The van der Waals surface area contributed by atoms with Crippen LogP contribution in [0.15, 0.2) is 59.4 Å². The highest BCUT2D eigenvalue weighted by Crippen LogP contribution is 2.34. The molecule has 0 fully saturated rings. The number of hydrogen-bond donors (Lipinski definition) is 0. The molecule has 0 radical (unpaired) electrons. The summed E-state index contributed by atoms with van der Waals surface area (Å²) in [6.45, 7) is 0. The third-order valence-corrected chi connectivity index (χ3v) is 4.25. The molecular formula is C16H9F3OS. The molecule has 0 atom stereocenters. The highest BCUT2D eigenvalue weighted by Gasteiger charge is 2.30. The lowest BCUT2D eigenvalue weighted by atomic mass is 10.1. The molecule has 0 unspecified atom stereocenters. The van der Waals surface area contributed by atoms with Gasteiger partial charge in [0.2, 0.25) is 0 Å². The van der Waals surface area contributed by atoms with Crippen LogP contribution in [0.1, 0.15) is 5.56 Å². The van der Waals surface area contributed by atoms with Crippen molar-refractivity contribution < 1.29 is 13.2 Å². The van der Waals surface area contributed by atoms with E-state index in [2.05, 4.69) is 0 Å². The SMILES string of the molecule is O=c1cc(-c2ccccc2)sc2cc(C(F)(F)F)ccc12. The Labute approximate surface area is 122 Å². The van der Waals surface area contributed by atoms with Gasteiger partial charge in [0.05, 0.1) is 5.56 Å². The first-order valence-corrected chi connectivity index (χ1v) is 6.97. The molecule has 0 saturated carbocycles. The average molecular weight is 306 g/mol. The van der Waals surface area contributed by atoms with Gasteiger partial charge in [-0.2, -0.15) is 13.2 Å². The van der Waals surface area contributed by atoms with Crippen molar-refractivity contribution >= 4 is 21.4 Å². The summed E-state index contributed by atoms with van der Waals surface area (Å²) in [5.41, 5.74) is -0.189. The third kappa shape index (κ3) is 2.69. The third-order valence-electron chi connectivity index (χ3n) is 3.11. The van der Waals surface area contributed by atoms with Crippen molar-refractivity contribution in [2.75, 3.05) is 0 Å². The highest BCUT2D eigenvalue weighted by molar-refractivity contribution is 7.21. The van der Waals surface area contributed by atoms with Crippen LogP contribution in [-0.4, -0.2) is 0 Å². The second-order valence-electron chi connectivity index (χ2n) is 4.55. The summed E-state index contributed by atoms with van der Waals surface area (Å²) in [6, 6.07) is 13.8. The normalized spacial score (nSPS) is 11.8. The molecular weight excluding hydrogens is 297 g/mol. The van der Waals surface area contributed by atoms with Gasteiger partial charge < -0.3 is 0 Å². The van der Waals surface area contributed by atoms with E-state index in [0.29, 0.717) is 15.0 Å². The fourth-order valence-electron chi connectivity index (χ4n) is 2.08. The summed E-state index contributed by atoms with van der Waals surface area (Å²) >= 11 is 1.18. The van der Waals surface area contributed by atoms with Crippen LogP contribution in [0.4, 0.5) is 13.2 Å². The predicted molar refractivity (Wildman–Crippen MR) is 78.5 cm³/mol. The van der Waals surface area contributed by atoms with E-state index in [1.165, 1.54) is 23.5 Å². The lowest BCUT2D eigenvalue weighted by Gasteiger charge is -2.08. The van der Waals surface area contributed by atoms with Gasteiger partial charge in [0.25, 0.3) is 0 Å². The van der Waals surface area contributed by atoms with E-state index in [1.54, 1.807) is 0 Å². The molecule has 5 heteroatoms. The van der Waals surface area contributed by atoms with Crippen LogP contribution in [0, 0.1) is 0 Å². The van der Waals surface area contributed by atoms with Gasteiger partial charge >= 0.3 is 6.18 Å². The zero-order valence-electron chi connectivity index (χ0n) is 10.6. The maximum absolute atomic E-state index is 12.8. The van der Waals surface area contributed by atoms with Crippen molar-refractivity contribution in [1.82, 2.24) is 0 Å². The van der Waals surface area contributed by atoms with E-state index in [9.17, 15) is 18.0 Å². The molecule has 0 spiro atoms. The molecule has 1 nitrogen and oxygen atoms in total. The molecule has 0 aliphatic heterocycles. The van der Waals surface area contributed by atoms with Crippen LogP contribution in [0.25, 0.3) is 20.5 Å².